The minimum absolute atomic E-state index is 0.0496. The Balaban J connectivity index is 1.50. The van der Waals surface area contributed by atoms with Gasteiger partial charge in [-0.2, -0.15) is 0 Å². The van der Waals surface area contributed by atoms with Crippen LogP contribution in [0.4, 0.5) is 8.78 Å². The summed E-state index contributed by atoms with van der Waals surface area (Å²) in [6.07, 6.45) is 1.55. The van der Waals surface area contributed by atoms with Gasteiger partial charge in [-0.1, -0.05) is 59.1 Å². The summed E-state index contributed by atoms with van der Waals surface area (Å²) in [6.45, 7) is 0.792. The Hall–Kier alpha value is -2.14. The molecule has 7 heteroatoms. The minimum Gasteiger partial charge on any atom is -0.338 e. The summed E-state index contributed by atoms with van der Waals surface area (Å²) < 4.78 is 27.1. The normalized spacial score (nSPS) is 24.4. The van der Waals surface area contributed by atoms with Crippen LogP contribution in [0.25, 0.3) is 0 Å². The highest BCUT2D eigenvalue weighted by molar-refractivity contribution is 6.35. The molecule has 0 bridgehead atoms. The first-order valence-electron chi connectivity index (χ1n) is 11.2. The number of halogens is 5. The maximum atomic E-state index is 13.8. The van der Waals surface area contributed by atoms with Crippen LogP contribution in [0.3, 0.4) is 0 Å². The summed E-state index contributed by atoms with van der Waals surface area (Å²) in [7, 11) is 0. The first kappa shape index (κ1) is 23.6. The van der Waals surface area contributed by atoms with Crippen molar-refractivity contribution in [1.82, 2.24) is 4.90 Å². The molecule has 5 rings (SSSR count). The molecule has 0 spiro atoms. The molecule has 1 heterocycles. The predicted molar refractivity (Wildman–Crippen MR) is 131 cm³/mol. The van der Waals surface area contributed by atoms with Crippen molar-refractivity contribution in [2.24, 2.45) is 11.8 Å². The third-order valence-corrected chi connectivity index (χ3v) is 8.05. The van der Waals surface area contributed by atoms with Crippen molar-refractivity contribution < 1.29 is 13.6 Å². The van der Waals surface area contributed by atoms with Crippen molar-refractivity contribution in [3.8, 4) is 0 Å². The van der Waals surface area contributed by atoms with Crippen LogP contribution in [-0.2, 0) is 11.3 Å². The molecule has 1 saturated carbocycles. The quantitative estimate of drug-likeness (QED) is 0.343. The molecule has 1 saturated heterocycles. The third kappa shape index (κ3) is 4.44. The summed E-state index contributed by atoms with van der Waals surface area (Å²) >= 11 is 18.9. The molecule has 0 N–H and O–H groups in total. The van der Waals surface area contributed by atoms with Crippen molar-refractivity contribution in [3.05, 3.63) is 104 Å². The lowest BCUT2D eigenvalue weighted by Crippen LogP contribution is -2.32. The molecule has 1 aliphatic heterocycles. The van der Waals surface area contributed by atoms with E-state index in [1.54, 1.807) is 11.0 Å². The van der Waals surface area contributed by atoms with Gasteiger partial charge in [0, 0.05) is 34.1 Å². The van der Waals surface area contributed by atoms with Crippen molar-refractivity contribution >= 4 is 40.7 Å². The lowest BCUT2D eigenvalue weighted by Gasteiger charge is -2.40. The maximum Gasteiger partial charge on any atom is 0.226 e. The van der Waals surface area contributed by atoms with Gasteiger partial charge in [-0.15, -0.1) is 0 Å². The zero-order chi connectivity index (χ0) is 24.0. The fourth-order valence-electron chi connectivity index (χ4n) is 5.74. The minimum atomic E-state index is -0.905. The SMILES string of the molecule is O=C1[C@@H]2CC[C@H](c3ccc(Cl)cc3Cl)[C@H](c3ccc(Cl)cc3)[C@@H]2CN1Cc1ccc(F)c(F)c1. The van der Waals surface area contributed by atoms with Gasteiger partial charge in [0.2, 0.25) is 5.91 Å². The number of benzene rings is 3. The van der Waals surface area contributed by atoms with E-state index in [-0.39, 0.29) is 36.1 Å². The van der Waals surface area contributed by atoms with E-state index in [0.29, 0.717) is 27.2 Å². The molecule has 1 amide bonds. The number of hydrogen-bond acceptors (Lipinski definition) is 1. The zero-order valence-electron chi connectivity index (χ0n) is 18.2. The Morgan fingerprint density at radius 1 is 0.824 bits per heavy atom. The van der Waals surface area contributed by atoms with Crippen molar-refractivity contribution in [2.75, 3.05) is 6.54 Å². The highest BCUT2D eigenvalue weighted by Crippen LogP contribution is 2.54. The number of carbonyl (C=O) groups is 1. The summed E-state index contributed by atoms with van der Waals surface area (Å²) in [5.74, 6) is -1.64. The van der Waals surface area contributed by atoms with Crippen LogP contribution in [0.1, 0.15) is 41.4 Å². The number of likely N-dealkylation sites (tertiary alicyclic amines) is 1. The van der Waals surface area contributed by atoms with Crippen LogP contribution in [0.5, 0.6) is 0 Å². The second-order valence-electron chi connectivity index (χ2n) is 9.16. The van der Waals surface area contributed by atoms with Crippen LogP contribution in [0.2, 0.25) is 15.1 Å². The number of fused-ring (bicyclic) bond motifs is 1. The van der Waals surface area contributed by atoms with E-state index in [0.717, 1.165) is 36.1 Å². The molecule has 0 unspecified atom stereocenters. The fraction of sp³-hybridized carbons (Fsp3) is 0.296. The van der Waals surface area contributed by atoms with E-state index in [9.17, 15) is 13.6 Å². The third-order valence-electron chi connectivity index (χ3n) is 7.23. The summed E-state index contributed by atoms with van der Waals surface area (Å²) in [5.41, 5.74) is 2.71. The summed E-state index contributed by atoms with van der Waals surface area (Å²) in [5, 5.41) is 1.86. The molecule has 34 heavy (non-hydrogen) atoms. The van der Waals surface area contributed by atoms with E-state index >= 15 is 0 Å². The van der Waals surface area contributed by atoms with Gasteiger partial charge in [-0.25, -0.2) is 8.78 Å². The van der Waals surface area contributed by atoms with Gasteiger partial charge in [0.1, 0.15) is 0 Å². The molecule has 3 aromatic carbocycles. The second kappa shape index (κ2) is 9.49. The molecular weight excluding hydrogens is 499 g/mol. The Labute approximate surface area is 212 Å². The van der Waals surface area contributed by atoms with Crippen molar-refractivity contribution in [3.63, 3.8) is 0 Å². The van der Waals surface area contributed by atoms with E-state index in [1.165, 1.54) is 6.07 Å². The van der Waals surface area contributed by atoms with Gasteiger partial charge >= 0.3 is 0 Å². The van der Waals surface area contributed by atoms with Gasteiger partial charge in [0.05, 0.1) is 0 Å². The van der Waals surface area contributed by atoms with Gasteiger partial charge in [-0.05, 0) is 83.7 Å². The fourth-order valence-corrected chi connectivity index (χ4v) is 6.42. The van der Waals surface area contributed by atoms with Gasteiger partial charge in [0.25, 0.3) is 0 Å². The van der Waals surface area contributed by atoms with Crippen molar-refractivity contribution in [1.29, 1.82) is 0 Å². The number of rotatable bonds is 4. The van der Waals surface area contributed by atoms with Crippen LogP contribution in [0.15, 0.2) is 60.7 Å². The average Bonchev–Trinajstić information content (AvgIpc) is 3.12. The smallest absolute Gasteiger partial charge is 0.226 e. The van der Waals surface area contributed by atoms with E-state index in [4.69, 9.17) is 34.8 Å². The Kier molecular flexibility index (Phi) is 6.58. The molecule has 176 valence electrons. The molecule has 2 nitrogen and oxygen atoms in total. The average molecular weight is 521 g/mol. The van der Waals surface area contributed by atoms with E-state index < -0.39 is 11.6 Å². The standard InChI is InChI=1S/C27H22Cl3F2NO/c28-17-4-2-16(3-5-17)26-20(19-7-6-18(29)12-23(19)30)8-9-21-22(26)14-33(27(21)34)13-15-1-10-24(31)25(32)11-15/h1-7,10-12,20-22,26H,8-9,13-14H2/t20-,21-,22-,26+/m1/s1. The molecule has 0 aromatic heterocycles. The molecule has 3 aromatic rings. The number of amides is 1. The molecule has 2 aliphatic rings. The number of hydrogen-bond donors (Lipinski definition) is 0. The number of carbonyl (C=O) groups excluding carboxylic acids is 1. The van der Waals surface area contributed by atoms with E-state index in [1.807, 2.05) is 36.4 Å². The van der Waals surface area contributed by atoms with Gasteiger partial charge in [-0.3, -0.25) is 4.79 Å². The highest BCUT2D eigenvalue weighted by Gasteiger charge is 2.50. The largest absolute Gasteiger partial charge is 0.338 e. The second-order valence-corrected chi connectivity index (χ2v) is 10.4. The van der Waals surface area contributed by atoms with Crippen LogP contribution >= 0.6 is 34.8 Å². The Morgan fingerprint density at radius 3 is 2.24 bits per heavy atom. The van der Waals surface area contributed by atoms with Gasteiger partial charge < -0.3 is 4.90 Å². The summed E-state index contributed by atoms with van der Waals surface area (Å²) in [4.78, 5) is 15.1. The first-order chi connectivity index (χ1) is 16.3. The molecule has 2 fully saturated rings. The maximum absolute atomic E-state index is 13.8. The topological polar surface area (TPSA) is 20.3 Å². The van der Waals surface area contributed by atoms with Crippen LogP contribution in [0, 0.1) is 23.5 Å². The monoisotopic (exact) mass is 519 g/mol. The molecule has 1 aliphatic carbocycles. The van der Waals surface area contributed by atoms with Crippen LogP contribution < -0.4 is 0 Å². The summed E-state index contributed by atoms with van der Waals surface area (Å²) in [6, 6.07) is 17.2. The molecular formula is C27H22Cl3F2NO. The Bertz CT molecular complexity index is 1230. The van der Waals surface area contributed by atoms with E-state index in [2.05, 4.69) is 0 Å². The number of nitrogens with zero attached hydrogens (tertiary/aromatic N) is 1. The van der Waals surface area contributed by atoms with Crippen LogP contribution in [-0.4, -0.2) is 17.4 Å². The highest BCUT2D eigenvalue weighted by atomic mass is 35.5. The van der Waals surface area contributed by atoms with Crippen molar-refractivity contribution in [2.45, 2.75) is 31.2 Å². The lowest BCUT2D eigenvalue weighted by atomic mass is 9.63. The predicted octanol–water partition coefficient (Wildman–Crippen LogP) is 7.86. The molecule has 4 atom stereocenters. The zero-order valence-corrected chi connectivity index (χ0v) is 20.4. The first-order valence-corrected chi connectivity index (χ1v) is 12.4. The Morgan fingerprint density at radius 2 is 1.53 bits per heavy atom. The lowest BCUT2D eigenvalue weighted by molar-refractivity contribution is -0.132. The molecule has 0 radical (unpaired) electrons. The van der Waals surface area contributed by atoms with Gasteiger partial charge in [0.15, 0.2) is 11.6 Å².